The summed E-state index contributed by atoms with van der Waals surface area (Å²) in [6.07, 6.45) is 8.82. The fourth-order valence-electron chi connectivity index (χ4n) is 2.71. The Kier molecular flexibility index (Phi) is 8.42. The van der Waals surface area contributed by atoms with Crippen molar-refractivity contribution in [2.45, 2.75) is 19.5 Å². The molecule has 0 saturated heterocycles. The molecule has 0 aliphatic heterocycles. The second-order valence-electron chi connectivity index (χ2n) is 5.72. The number of aromatic nitrogens is 5. The van der Waals surface area contributed by atoms with Crippen molar-refractivity contribution in [3.8, 4) is 5.82 Å². The van der Waals surface area contributed by atoms with Gasteiger partial charge < -0.3 is 10.6 Å². The van der Waals surface area contributed by atoms with E-state index < -0.39 is 6.04 Å². The van der Waals surface area contributed by atoms with Crippen LogP contribution in [-0.4, -0.2) is 37.3 Å². The molecule has 8 nitrogen and oxygen atoms in total. The van der Waals surface area contributed by atoms with E-state index >= 15 is 0 Å². The molecule has 3 aromatic rings. The molecule has 3 heterocycles. The van der Waals surface area contributed by atoms with Crippen LogP contribution in [0, 0.1) is 6.92 Å². The van der Waals surface area contributed by atoms with Gasteiger partial charge in [0.1, 0.15) is 17.7 Å². The lowest BCUT2D eigenvalue weighted by Gasteiger charge is -2.16. The lowest BCUT2D eigenvalue weighted by atomic mass is 10.1. The van der Waals surface area contributed by atoms with E-state index in [0.29, 0.717) is 6.54 Å². The summed E-state index contributed by atoms with van der Waals surface area (Å²) in [5.41, 5.74) is 1.73. The van der Waals surface area contributed by atoms with E-state index in [9.17, 15) is 4.79 Å². The topological polar surface area (TPSA) is 89.7 Å². The normalized spacial score (nSPS) is 11.2. The Morgan fingerprint density at radius 3 is 2.63 bits per heavy atom. The van der Waals surface area contributed by atoms with Gasteiger partial charge in [-0.05, 0) is 20.0 Å². The third-order valence-corrected chi connectivity index (χ3v) is 3.98. The third-order valence-electron chi connectivity index (χ3n) is 3.98. The van der Waals surface area contributed by atoms with Crippen LogP contribution in [0.4, 0.5) is 0 Å². The molecule has 0 bridgehead atoms. The fraction of sp³-hybridized carbons (Fsp3) is 0.294. The molecule has 3 aromatic heterocycles. The van der Waals surface area contributed by atoms with Gasteiger partial charge >= 0.3 is 0 Å². The number of pyridine rings is 1. The molecule has 0 aliphatic rings. The van der Waals surface area contributed by atoms with Crippen LogP contribution in [0.1, 0.15) is 23.0 Å². The highest BCUT2D eigenvalue weighted by Gasteiger charge is 2.20. The predicted molar refractivity (Wildman–Crippen MR) is 107 cm³/mol. The van der Waals surface area contributed by atoms with E-state index in [1.165, 1.54) is 0 Å². The first kappa shape index (κ1) is 22.6. The maximum Gasteiger partial charge on any atom is 0.242 e. The highest BCUT2D eigenvalue weighted by Crippen LogP contribution is 2.15. The van der Waals surface area contributed by atoms with Crippen LogP contribution in [0.25, 0.3) is 5.82 Å². The molecule has 0 fully saturated rings. The zero-order valence-corrected chi connectivity index (χ0v) is 16.9. The van der Waals surface area contributed by atoms with E-state index in [4.69, 9.17) is 0 Å². The minimum Gasteiger partial charge on any atom is -0.350 e. The van der Waals surface area contributed by atoms with Gasteiger partial charge in [0.2, 0.25) is 5.91 Å². The van der Waals surface area contributed by atoms with Crippen molar-refractivity contribution in [3.63, 3.8) is 0 Å². The van der Waals surface area contributed by atoms with Gasteiger partial charge in [-0.1, -0.05) is 6.07 Å². The standard InChI is InChI=1S/C17H21N7O.2ClH/c1-12-19-7-8-24(12)16-13(5-4-6-20-16)9-21-17(25)15(18-2)14-10-22-23(3)11-14;;/h4-8,10-11,15,18H,9H2,1-3H3,(H,21,25);2*1H. The van der Waals surface area contributed by atoms with Crippen molar-refractivity contribution in [1.82, 2.24) is 34.9 Å². The van der Waals surface area contributed by atoms with Crippen molar-refractivity contribution >= 4 is 30.7 Å². The van der Waals surface area contributed by atoms with Crippen molar-refractivity contribution in [2.75, 3.05) is 7.05 Å². The van der Waals surface area contributed by atoms with Gasteiger partial charge in [-0.3, -0.25) is 14.0 Å². The number of hydrogen-bond acceptors (Lipinski definition) is 5. The first-order valence-corrected chi connectivity index (χ1v) is 7.98. The van der Waals surface area contributed by atoms with Gasteiger partial charge in [-0.15, -0.1) is 24.8 Å². The molecule has 1 atom stereocenters. The number of rotatable bonds is 6. The molecule has 0 aliphatic carbocycles. The van der Waals surface area contributed by atoms with Crippen molar-refractivity contribution in [1.29, 1.82) is 0 Å². The maximum absolute atomic E-state index is 12.6. The lowest BCUT2D eigenvalue weighted by molar-refractivity contribution is -0.123. The molecule has 0 radical (unpaired) electrons. The van der Waals surface area contributed by atoms with Gasteiger partial charge in [0.25, 0.3) is 0 Å². The highest BCUT2D eigenvalue weighted by atomic mass is 35.5. The van der Waals surface area contributed by atoms with E-state index in [-0.39, 0.29) is 30.7 Å². The third kappa shape index (κ3) is 5.06. The molecule has 146 valence electrons. The van der Waals surface area contributed by atoms with Crippen LogP contribution in [0.5, 0.6) is 0 Å². The average molecular weight is 412 g/mol. The first-order valence-electron chi connectivity index (χ1n) is 7.98. The summed E-state index contributed by atoms with van der Waals surface area (Å²) in [4.78, 5) is 21.2. The van der Waals surface area contributed by atoms with Crippen LogP contribution in [0.3, 0.4) is 0 Å². The average Bonchev–Trinajstić information content (AvgIpc) is 3.22. The van der Waals surface area contributed by atoms with Crippen molar-refractivity contribution in [3.05, 3.63) is 60.1 Å². The van der Waals surface area contributed by atoms with Gasteiger partial charge in [0.05, 0.1) is 6.20 Å². The Bertz CT molecular complexity index is 878. The highest BCUT2D eigenvalue weighted by molar-refractivity contribution is 5.85. The molecule has 0 saturated carbocycles. The van der Waals surface area contributed by atoms with E-state index in [0.717, 1.165) is 22.8 Å². The fourth-order valence-corrected chi connectivity index (χ4v) is 2.71. The van der Waals surface area contributed by atoms with Crippen molar-refractivity contribution in [2.24, 2.45) is 7.05 Å². The van der Waals surface area contributed by atoms with Crippen molar-refractivity contribution < 1.29 is 4.79 Å². The summed E-state index contributed by atoms with van der Waals surface area (Å²) in [7, 11) is 3.57. The zero-order chi connectivity index (χ0) is 17.8. The molecule has 10 heteroatoms. The smallest absolute Gasteiger partial charge is 0.242 e. The Labute approximate surface area is 170 Å². The number of carbonyl (C=O) groups is 1. The van der Waals surface area contributed by atoms with Crippen LogP contribution >= 0.6 is 24.8 Å². The summed E-state index contributed by atoms with van der Waals surface area (Å²) >= 11 is 0. The number of nitrogens with one attached hydrogen (secondary N) is 2. The largest absolute Gasteiger partial charge is 0.350 e. The number of aryl methyl sites for hydroxylation is 2. The van der Waals surface area contributed by atoms with Gasteiger partial charge in [0.15, 0.2) is 0 Å². The summed E-state index contributed by atoms with van der Waals surface area (Å²) in [6.45, 7) is 2.29. The number of halogens is 2. The van der Waals surface area contributed by atoms with Gasteiger partial charge in [0, 0.05) is 49.5 Å². The van der Waals surface area contributed by atoms with Gasteiger partial charge in [-0.2, -0.15) is 5.10 Å². The minimum atomic E-state index is -0.455. The van der Waals surface area contributed by atoms with Gasteiger partial charge in [-0.25, -0.2) is 9.97 Å². The lowest BCUT2D eigenvalue weighted by Crippen LogP contribution is -2.35. The second-order valence-corrected chi connectivity index (χ2v) is 5.72. The summed E-state index contributed by atoms with van der Waals surface area (Å²) < 4.78 is 3.58. The number of carbonyl (C=O) groups excluding carboxylic acids is 1. The molecular weight excluding hydrogens is 389 g/mol. The number of amides is 1. The van der Waals surface area contributed by atoms with E-state index in [2.05, 4.69) is 25.7 Å². The van der Waals surface area contributed by atoms with E-state index in [1.807, 2.05) is 43.1 Å². The number of nitrogens with zero attached hydrogens (tertiary/aromatic N) is 5. The molecule has 27 heavy (non-hydrogen) atoms. The Morgan fingerprint density at radius 2 is 2.04 bits per heavy atom. The monoisotopic (exact) mass is 411 g/mol. The number of likely N-dealkylation sites (N-methyl/N-ethyl adjacent to an activating group) is 1. The number of hydrogen-bond donors (Lipinski definition) is 2. The summed E-state index contributed by atoms with van der Waals surface area (Å²) in [6, 6.07) is 3.35. The first-order chi connectivity index (χ1) is 12.1. The molecular formula is C17H23Cl2N7O. The van der Waals surface area contributed by atoms with Crippen LogP contribution in [0.15, 0.2) is 43.1 Å². The SMILES string of the molecule is CNC(C(=O)NCc1cccnc1-n1ccnc1C)c1cnn(C)c1.Cl.Cl. The Morgan fingerprint density at radius 1 is 1.26 bits per heavy atom. The summed E-state index contributed by atoms with van der Waals surface area (Å²) in [5, 5.41) is 10.1. The number of imidazole rings is 1. The Hall–Kier alpha value is -2.42. The molecule has 2 N–H and O–H groups in total. The van der Waals surface area contributed by atoms with Crippen LogP contribution in [-0.2, 0) is 18.4 Å². The molecule has 0 aromatic carbocycles. The van der Waals surface area contributed by atoms with E-state index in [1.54, 1.807) is 30.3 Å². The maximum atomic E-state index is 12.6. The summed E-state index contributed by atoms with van der Waals surface area (Å²) in [5.74, 6) is 1.49. The quantitative estimate of drug-likeness (QED) is 0.644. The van der Waals surface area contributed by atoms with Crippen LogP contribution in [0.2, 0.25) is 0 Å². The molecule has 1 amide bonds. The van der Waals surface area contributed by atoms with Crippen LogP contribution < -0.4 is 10.6 Å². The predicted octanol–water partition coefficient (Wildman–Crippen LogP) is 1.73. The Balaban J connectivity index is 0.00000182. The second kappa shape index (κ2) is 10.1. The molecule has 3 rings (SSSR count). The minimum absolute atomic E-state index is 0. The molecule has 1 unspecified atom stereocenters. The zero-order valence-electron chi connectivity index (χ0n) is 15.3. The molecule has 0 spiro atoms.